The summed E-state index contributed by atoms with van der Waals surface area (Å²) < 4.78 is 5.21. The fourth-order valence-corrected chi connectivity index (χ4v) is 3.54. The molecule has 1 fully saturated rings. The molecule has 0 bridgehead atoms. The van der Waals surface area contributed by atoms with Crippen LogP contribution in [0.1, 0.15) is 49.2 Å². The van der Waals surface area contributed by atoms with Gasteiger partial charge in [-0.25, -0.2) is 0 Å². The number of likely N-dealkylation sites (tertiary alicyclic amines) is 1. The summed E-state index contributed by atoms with van der Waals surface area (Å²) in [4.78, 5) is 21.5. The van der Waals surface area contributed by atoms with Crippen LogP contribution in [0.3, 0.4) is 0 Å². The molecule has 0 aliphatic carbocycles. The maximum Gasteiger partial charge on any atom is 0.287 e. The van der Waals surface area contributed by atoms with Crippen LogP contribution >= 0.6 is 0 Å². The molecule has 2 N–H and O–H groups in total. The van der Waals surface area contributed by atoms with Crippen molar-refractivity contribution in [2.75, 3.05) is 46.3 Å². The summed E-state index contributed by atoms with van der Waals surface area (Å²) in [5.41, 5.74) is 0.856. The molecule has 0 radical (unpaired) electrons. The Hall–Kier alpha value is -2.02. The van der Waals surface area contributed by atoms with Gasteiger partial charge in [-0.15, -0.1) is 0 Å². The molecule has 7 heteroatoms. The van der Waals surface area contributed by atoms with E-state index in [0.717, 1.165) is 37.6 Å². The van der Waals surface area contributed by atoms with Crippen molar-refractivity contribution in [3.8, 4) is 0 Å². The average Bonchev–Trinajstić information content (AvgIpc) is 3.28. The highest BCUT2D eigenvalue weighted by Crippen LogP contribution is 2.17. The Morgan fingerprint density at radius 2 is 2.22 bits per heavy atom. The molecule has 1 atom stereocenters. The lowest BCUT2D eigenvalue weighted by molar-refractivity contribution is 0.0925. The average molecular weight is 378 g/mol. The van der Waals surface area contributed by atoms with Crippen molar-refractivity contribution in [1.82, 2.24) is 20.4 Å². The van der Waals surface area contributed by atoms with Crippen LogP contribution < -0.4 is 10.6 Å². The van der Waals surface area contributed by atoms with Crippen molar-refractivity contribution in [2.45, 2.75) is 46.1 Å². The highest BCUT2D eigenvalue weighted by atomic mass is 16.3. The Bertz CT molecular complexity index is 613. The number of rotatable bonds is 9. The summed E-state index contributed by atoms with van der Waals surface area (Å²) in [7, 11) is 2.11. The standard InChI is InChI=1S/C20H35N5O2/c1-5-21-20(24(4)15-17-9-7-13-25(17)6-2)23-12-8-11-22-19(26)18-16(3)10-14-27-18/h10,14,17H,5-9,11-13,15H2,1-4H3,(H,21,23)(H,22,26). The number of nitrogens with one attached hydrogen (secondary N) is 2. The van der Waals surface area contributed by atoms with Gasteiger partial charge in [-0.1, -0.05) is 6.92 Å². The van der Waals surface area contributed by atoms with Crippen LogP contribution in [0, 0.1) is 6.92 Å². The third kappa shape index (κ3) is 6.27. The van der Waals surface area contributed by atoms with E-state index in [0.29, 0.717) is 24.9 Å². The molecule has 2 heterocycles. The Morgan fingerprint density at radius 1 is 1.41 bits per heavy atom. The lowest BCUT2D eigenvalue weighted by Crippen LogP contribution is -2.46. The summed E-state index contributed by atoms with van der Waals surface area (Å²) in [6.07, 6.45) is 4.88. The molecule has 2 rings (SSSR count). The quantitative estimate of drug-likeness (QED) is 0.392. The van der Waals surface area contributed by atoms with Crippen LogP contribution in [-0.2, 0) is 0 Å². The third-order valence-electron chi connectivity index (χ3n) is 5.04. The van der Waals surface area contributed by atoms with Crippen molar-refractivity contribution >= 4 is 11.9 Å². The zero-order chi connectivity index (χ0) is 19.6. The van der Waals surface area contributed by atoms with E-state index in [4.69, 9.17) is 9.41 Å². The molecule has 0 saturated carbocycles. The van der Waals surface area contributed by atoms with E-state index in [1.165, 1.54) is 25.6 Å². The molecule has 1 aromatic rings. The number of hydrogen-bond donors (Lipinski definition) is 2. The van der Waals surface area contributed by atoms with Crippen LogP contribution in [0.5, 0.6) is 0 Å². The van der Waals surface area contributed by atoms with E-state index in [2.05, 4.69) is 41.3 Å². The topological polar surface area (TPSA) is 73.1 Å². The number of nitrogens with zero attached hydrogens (tertiary/aromatic N) is 3. The van der Waals surface area contributed by atoms with Gasteiger partial charge in [-0.3, -0.25) is 14.7 Å². The van der Waals surface area contributed by atoms with Crippen LogP contribution in [0.4, 0.5) is 0 Å². The number of furan rings is 1. The zero-order valence-corrected chi connectivity index (χ0v) is 17.3. The molecule has 1 aliphatic heterocycles. The number of aliphatic imine (C=N–C) groups is 1. The Balaban J connectivity index is 1.77. The van der Waals surface area contributed by atoms with Crippen molar-refractivity contribution in [3.05, 3.63) is 23.7 Å². The van der Waals surface area contributed by atoms with E-state index in [9.17, 15) is 4.79 Å². The molecule has 1 aromatic heterocycles. The van der Waals surface area contributed by atoms with Crippen molar-refractivity contribution in [1.29, 1.82) is 0 Å². The first-order chi connectivity index (χ1) is 13.1. The van der Waals surface area contributed by atoms with Gasteiger partial charge in [0.05, 0.1) is 6.26 Å². The van der Waals surface area contributed by atoms with Gasteiger partial charge in [0.2, 0.25) is 0 Å². The molecule has 0 aromatic carbocycles. The summed E-state index contributed by atoms with van der Waals surface area (Å²) in [6, 6.07) is 2.40. The lowest BCUT2D eigenvalue weighted by atomic mass is 10.2. The van der Waals surface area contributed by atoms with Gasteiger partial charge in [0, 0.05) is 44.8 Å². The first-order valence-electron chi connectivity index (χ1n) is 10.1. The van der Waals surface area contributed by atoms with Crippen molar-refractivity contribution in [2.24, 2.45) is 4.99 Å². The molecular weight excluding hydrogens is 342 g/mol. The van der Waals surface area contributed by atoms with Gasteiger partial charge in [0.1, 0.15) is 0 Å². The predicted molar refractivity (Wildman–Crippen MR) is 109 cm³/mol. The van der Waals surface area contributed by atoms with Gasteiger partial charge in [0.25, 0.3) is 5.91 Å². The van der Waals surface area contributed by atoms with Crippen molar-refractivity contribution < 1.29 is 9.21 Å². The van der Waals surface area contributed by atoms with Gasteiger partial charge in [-0.2, -0.15) is 0 Å². The Kier molecular flexibility index (Phi) is 8.64. The minimum atomic E-state index is -0.161. The highest BCUT2D eigenvalue weighted by molar-refractivity contribution is 5.92. The fraction of sp³-hybridized carbons (Fsp3) is 0.700. The van der Waals surface area contributed by atoms with E-state index >= 15 is 0 Å². The minimum absolute atomic E-state index is 0.161. The second kappa shape index (κ2) is 11.0. The summed E-state index contributed by atoms with van der Waals surface area (Å²) in [5, 5.41) is 6.26. The number of carbonyl (C=O) groups excluding carboxylic acids is 1. The summed E-state index contributed by atoms with van der Waals surface area (Å²) >= 11 is 0. The van der Waals surface area contributed by atoms with E-state index in [1.54, 1.807) is 6.07 Å². The molecule has 0 spiro atoms. The molecule has 27 heavy (non-hydrogen) atoms. The van der Waals surface area contributed by atoms with E-state index in [1.807, 2.05) is 6.92 Å². The smallest absolute Gasteiger partial charge is 0.287 e. The molecule has 1 saturated heterocycles. The van der Waals surface area contributed by atoms with Crippen LogP contribution in [0.25, 0.3) is 0 Å². The Morgan fingerprint density at radius 3 is 2.89 bits per heavy atom. The number of guanidine groups is 1. The normalized spacial score (nSPS) is 17.9. The fourth-order valence-electron chi connectivity index (χ4n) is 3.54. The maximum absolute atomic E-state index is 12.0. The molecule has 1 amide bonds. The number of likely N-dealkylation sites (N-methyl/N-ethyl adjacent to an activating group) is 2. The number of aryl methyl sites for hydroxylation is 1. The van der Waals surface area contributed by atoms with Gasteiger partial charge in [0.15, 0.2) is 11.7 Å². The second-order valence-corrected chi connectivity index (χ2v) is 7.08. The SMILES string of the molecule is CCNC(=NCCCNC(=O)c1occc1C)N(C)CC1CCCN1CC. The molecule has 1 aliphatic rings. The van der Waals surface area contributed by atoms with Crippen LogP contribution in [0.2, 0.25) is 0 Å². The molecule has 7 nitrogen and oxygen atoms in total. The van der Waals surface area contributed by atoms with E-state index in [-0.39, 0.29) is 5.91 Å². The molecule has 152 valence electrons. The van der Waals surface area contributed by atoms with Gasteiger partial charge < -0.3 is 20.0 Å². The van der Waals surface area contributed by atoms with Crippen LogP contribution in [0.15, 0.2) is 21.7 Å². The highest BCUT2D eigenvalue weighted by Gasteiger charge is 2.24. The minimum Gasteiger partial charge on any atom is -0.459 e. The predicted octanol–water partition coefficient (Wildman–Crippen LogP) is 2.09. The van der Waals surface area contributed by atoms with E-state index < -0.39 is 0 Å². The summed E-state index contributed by atoms with van der Waals surface area (Å²) in [6.45, 7) is 11.6. The maximum atomic E-state index is 12.0. The first kappa shape index (κ1) is 21.3. The van der Waals surface area contributed by atoms with Crippen LogP contribution in [-0.4, -0.2) is 74.0 Å². The monoisotopic (exact) mass is 377 g/mol. The summed E-state index contributed by atoms with van der Waals surface area (Å²) in [5.74, 6) is 1.17. The largest absolute Gasteiger partial charge is 0.459 e. The van der Waals surface area contributed by atoms with Crippen molar-refractivity contribution in [3.63, 3.8) is 0 Å². The second-order valence-electron chi connectivity index (χ2n) is 7.08. The van der Waals surface area contributed by atoms with Gasteiger partial charge >= 0.3 is 0 Å². The third-order valence-corrected chi connectivity index (χ3v) is 5.04. The molecular formula is C20H35N5O2. The number of carbonyl (C=O) groups is 1. The first-order valence-corrected chi connectivity index (χ1v) is 10.1. The van der Waals surface area contributed by atoms with Gasteiger partial charge in [-0.05, 0) is 52.3 Å². The lowest BCUT2D eigenvalue weighted by Gasteiger charge is -2.29. The number of amides is 1. The Labute approximate surface area is 163 Å². The zero-order valence-electron chi connectivity index (χ0n) is 17.3. The molecule has 1 unspecified atom stereocenters. The number of hydrogen-bond acceptors (Lipinski definition) is 4.